The third kappa shape index (κ3) is 3.14. The minimum Gasteiger partial charge on any atom is -0.493 e. The number of ether oxygens (including phenoxy) is 1. The van der Waals surface area contributed by atoms with Gasteiger partial charge in [0.1, 0.15) is 5.75 Å². The van der Waals surface area contributed by atoms with E-state index >= 15 is 0 Å². The fourth-order valence-corrected chi connectivity index (χ4v) is 2.19. The van der Waals surface area contributed by atoms with Crippen LogP contribution in [-0.4, -0.2) is 6.61 Å². The van der Waals surface area contributed by atoms with Gasteiger partial charge in [0, 0.05) is 16.6 Å². The van der Waals surface area contributed by atoms with E-state index in [1.54, 1.807) is 0 Å². The van der Waals surface area contributed by atoms with Crippen molar-refractivity contribution in [1.82, 2.24) is 0 Å². The monoisotopic (exact) mass is 255 g/mol. The van der Waals surface area contributed by atoms with Gasteiger partial charge in [-0.05, 0) is 43.9 Å². The third-order valence-electron chi connectivity index (χ3n) is 2.97. The average Bonchev–Trinajstić information content (AvgIpc) is 2.31. The number of rotatable bonds is 5. The van der Waals surface area contributed by atoms with Crippen molar-refractivity contribution in [2.75, 3.05) is 6.61 Å². The maximum atomic E-state index is 6.22. The van der Waals surface area contributed by atoms with Crippen molar-refractivity contribution in [3.05, 3.63) is 27.8 Å². The summed E-state index contributed by atoms with van der Waals surface area (Å²) >= 11 is 6.22. The Balaban J connectivity index is 3.28. The molecule has 0 spiro atoms. The van der Waals surface area contributed by atoms with Crippen LogP contribution in [0.2, 0.25) is 5.02 Å². The second kappa shape index (κ2) is 6.27. The summed E-state index contributed by atoms with van der Waals surface area (Å²) in [6.45, 7) is 8.90. The van der Waals surface area contributed by atoms with Crippen molar-refractivity contribution in [2.45, 2.75) is 46.6 Å². The molecule has 0 aromatic heterocycles. The van der Waals surface area contributed by atoms with Gasteiger partial charge in [0.05, 0.1) is 6.61 Å². The summed E-state index contributed by atoms with van der Waals surface area (Å²) in [6, 6.07) is 1.94. The minimum atomic E-state index is -0.0146. The molecule has 1 aromatic rings. The number of benzene rings is 1. The molecule has 0 aliphatic heterocycles. The van der Waals surface area contributed by atoms with E-state index in [1.165, 1.54) is 0 Å². The van der Waals surface area contributed by atoms with Crippen molar-refractivity contribution in [1.29, 1.82) is 0 Å². The fourth-order valence-electron chi connectivity index (χ4n) is 1.92. The van der Waals surface area contributed by atoms with E-state index in [2.05, 4.69) is 13.8 Å². The van der Waals surface area contributed by atoms with E-state index in [4.69, 9.17) is 22.1 Å². The van der Waals surface area contributed by atoms with Gasteiger partial charge in [-0.25, -0.2) is 0 Å². The molecule has 0 fully saturated rings. The van der Waals surface area contributed by atoms with Crippen LogP contribution in [0.1, 0.15) is 49.4 Å². The van der Waals surface area contributed by atoms with E-state index in [1.807, 2.05) is 19.9 Å². The third-order valence-corrected chi connectivity index (χ3v) is 3.36. The lowest BCUT2D eigenvalue weighted by molar-refractivity contribution is 0.309. The zero-order chi connectivity index (χ0) is 13.0. The lowest BCUT2D eigenvalue weighted by atomic mass is 9.96. The highest BCUT2D eigenvalue weighted by Crippen LogP contribution is 2.36. The van der Waals surface area contributed by atoms with Crippen LogP contribution >= 0.6 is 11.6 Å². The Labute approximate surface area is 109 Å². The highest BCUT2D eigenvalue weighted by molar-refractivity contribution is 6.31. The lowest BCUT2D eigenvalue weighted by Crippen LogP contribution is -2.14. The molecule has 1 unspecified atom stereocenters. The molecular formula is C14H22ClNO. The van der Waals surface area contributed by atoms with E-state index in [0.717, 1.165) is 40.3 Å². The highest BCUT2D eigenvalue weighted by Gasteiger charge is 2.18. The SMILES string of the molecule is CCCOc1c(C)cc(Cl)c(C)c1C(N)CC. The van der Waals surface area contributed by atoms with Crippen molar-refractivity contribution < 1.29 is 4.74 Å². The largest absolute Gasteiger partial charge is 0.493 e. The van der Waals surface area contributed by atoms with Gasteiger partial charge in [-0.15, -0.1) is 0 Å². The first kappa shape index (κ1) is 14.3. The van der Waals surface area contributed by atoms with Gasteiger partial charge in [-0.1, -0.05) is 25.4 Å². The van der Waals surface area contributed by atoms with Crippen LogP contribution in [0.5, 0.6) is 5.75 Å². The van der Waals surface area contributed by atoms with Gasteiger partial charge in [0.15, 0.2) is 0 Å². The van der Waals surface area contributed by atoms with E-state index < -0.39 is 0 Å². The first-order valence-electron chi connectivity index (χ1n) is 6.20. The Hall–Kier alpha value is -0.730. The molecule has 2 nitrogen and oxygen atoms in total. The second-order valence-electron chi connectivity index (χ2n) is 4.41. The summed E-state index contributed by atoms with van der Waals surface area (Å²) in [6.07, 6.45) is 1.87. The van der Waals surface area contributed by atoms with Gasteiger partial charge in [0.2, 0.25) is 0 Å². The molecule has 96 valence electrons. The predicted molar refractivity (Wildman–Crippen MR) is 73.9 cm³/mol. The van der Waals surface area contributed by atoms with Crippen molar-refractivity contribution >= 4 is 11.6 Å². The first-order chi connectivity index (χ1) is 8.02. The summed E-state index contributed by atoms with van der Waals surface area (Å²) in [7, 11) is 0. The number of hydrogen-bond acceptors (Lipinski definition) is 2. The van der Waals surface area contributed by atoms with Crippen LogP contribution in [-0.2, 0) is 0 Å². The molecule has 0 heterocycles. The zero-order valence-corrected chi connectivity index (χ0v) is 11.9. The zero-order valence-electron chi connectivity index (χ0n) is 11.1. The normalized spacial score (nSPS) is 12.6. The van der Waals surface area contributed by atoms with Gasteiger partial charge in [-0.2, -0.15) is 0 Å². The van der Waals surface area contributed by atoms with Crippen LogP contribution in [0.3, 0.4) is 0 Å². The summed E-state index contributed by atoms with van der Waals surface area (Å²) in [4.78, 5) is 0. The molecule has 1 atom stereocenters. The smallest absolute Gasteiger partial charge is 0.127 e. The molecule has 0 aliphatic carbocycles. The predicted octanol–water partition coefficient (Wildman–Crippen LogP) is 4.16. The average molecular weight is 256 g/mol. The molecule has 0 saturated heterocycles. The maximum Gasteiger partial charge on any atom is 0.127 e. The van der Waals surface area contributed by atoms with Crippen LogP contribution < -0.4 is 10.5 Å². The molecule has 0 bridgehead atoms. The number of halogens is 1. The van der Waals surface area contributed by atoms with Crippen LogP contribution in [0, 0.1) is 13.8 Å². The Bertz CT molecular complexity index is 390. The van der Waals surface area contributed by atoms with Gasteiger partial charge >= 0.3 is 0 Å². The molecule has 0 radical (unpaired) electrons. The fraction of sp³-hybridized carbons (Fsp3) is 0.571. The standard InChI is InChI=1S/C14H22ClNO/c1-5-7-17-14-9(3)8-11(15)10(4)13(14)12(16)6-2/h8,12H,5-7,16H2,1-4H3. The number of aryl methyl sites for hydroxylation is 1. The molecule has 0 amide bonds. The lowest BCUT2D eigenvalue weighted by Gasteiger charge is -2.21. The molecule has 1 aromatic carbocycles. The molecule has 17 heavy (non-hydrogen) atoms. The molecular weight excluding hydrogens is 234 g/mol. The highest BCUT2D eigenvalue weighted by atomic mass is 35.5. The van der Waals surface area contributed by atoms with Gasteiger partial charge in [-0.3, -0.25) is 0 Å². The molecule has 2 N–H and O–H groups in total. The van der Waals surface area contributed by atoms with Crippen LogP contribution in [0.25, 0.3) is 0 Å². The Morgan fingerprint density at radius 2 is 2.00 bits per heavy atom. The Morgan fingerprint density at radius 3 is 2.53 bits per heavy atom. The van der Waals surface area contributed by atoms with Gasteiger partial charge in [0.25, 0.3) is 0 Å². The number of hydrogen-bond donors (Lipinski definition) is 1. The topological polar surface area (TPSA) is 35.2 Å². The van der Waals surface area contributed by atoms with Gasteiger partial charge < -0.3 is 10.5 Å². The van der Waals surface area contributed by atoms with E-state index in [9.17, 15) is 0 Å². The summed E-state index contributed by atoms with van der Waals surface area (Å²) < 4.78 is 5.84. The van der Waals surface area contributed by atoms with Crippen molar-refractivity contribution in [3.8, 4) is 5.75 Å². The minimum absolute atomic E-state index is 0.0146. The Kier molecular flexibility index (Phi) is 5.29. The molecule has 0 saturated carbocycles. The summed E-state index contributed by atoms with van der Waals surface area (Å²) in [5, 5.41) is 0.769. The van der Waals surface area contributed by atoms with E-state index in [-0.39, 0.29) is 6.04 Å². The van der Waals surface area contributed by atoms with E-state index in [0.29, 0.717) is 6.61 Å². The van der Waals surface area contributed by atoms with Crippen LogP contribution in [0.15, 0.2) is 6.07 Å². The quantitative estimate of drug-likeness (QED) is 0.858. The maximum absolute atomic E-state index is 6.22. The Morgan fingerprint density at radius 1 is 1.35 bits per heavy atom. The molecule has 0 aliphatic rings. The molecule has 1 rings (SSSR count). The second-order valence-corrected chi connectivity index (χ2v) is 4.81. The van der Waals surface area contributed by atoms with Crippen LogP contribution in [0.4, 0.5) is 0 Å². The van der Waals surface area contributed by atoms with Crippen molar-refractivity contribution in [3.63, 3.8) is 0 Å². The summed E-state index contributed by atoms with van der Waals surface area (Å²) in [5.41, 5.74) is 9.33. The molecule has 3 heteroatoms. The first-order valence-corrected chi connectivity index (χ1v) is 6.58. The van der Waals surface area contributed by atoms with Crippen molar-refractivity contribution in [2.24, 2.45) is 5.73 Å². The number of nitrogens with two attached hydrogens (primary N) is 1. The summed E-state index contributed by atoms with van der Waals surface area (Å²) in [5.74, 6) is 0.920.